The van der Waals surface area contributed by atoms with Gasteiger partial charge in [-0.25, -0.2) is 0 Å². The molecular formula is C2H6O4S. The quantitative estimate of drug-likeness (QED) is 0.451. The average Bonchev–Trinajstić information content (AvgIpc) is 1.33. The van der Waals surface area contributed by atoms with Crippen LogP contribution in [0.3, 0.4) is 0 Å². The second kappa shape index (κ2) is 9.13. The molecule has 0 rings (SSSR count). The van der Waals surface area contributed by atoms with Crippen molar-refractivity contribution in [2.75, 3.05) is 6.61 Å². The monoisotopic (exact) mass is 126 g/mol. The van der Waals surface area contributed by atoms with Crippen LogP contribution in [-0.2, 0) is 10.6 Å². The Morgan fingerprint density at radius 3 is 1.43 bits per heavy atom. The fraction of sp³-hybridized carbons (Fsp3) is 1.00. The second-order valence-electron chi connectivity index (χ2n) is 0.520. The van der Waals surface area contributed by atoms with E-state index in [0.717, 1.165) is 0 Å². The fourth-order valence-electron chi connectivity index (χ4n) is 0. The van der Waals surface area contributed by atoms with E-state index in [4.69, 9.17) is 17.7 Å². The zero-order valence-electron chi connectivity index (χ0n) is 3.79. The maximum Gasteiger partial charge on any atom is 0.425 e. The van der Waals surface area contributed by atoms with Gasteiger partial charge in [-0.2, -0.15) is 0 Å². The molecule has 4 nitrogen and oxygen atoms in total. The molecule has 0 amide bonds. The summed E-state index contributed by atoms with van der Waals surface area (Å²) in [5.74, 6) is 0. The Balaban J connectivity index is 0. The van der Waals surface area contributed by atoms with E-state index < -0.39 is 10.6 Å². The smallest absolute Gasteiger partial charge is 0.397 e. The first-order chi connectivity index (χ1) is 3.15. The van der Waals surface area contributed by atoms with E-state index in [1.807, 2.05) is 0 Å². The molecular weight excluding hydrogens is 120 g/mol. The van der Waals surface area contributed by atoms with E-state index in [1.165, 1.54) is 0 Å². The lowest BCUT2D eigenvalue weighted by Gasteiger charge is -1.52. The first-order valence-electron chi connectivity index (χ1n) is 1.52. The van der Waals surface area contributed by atoms with Gasteiger partial charge in [0.2, 0.25) is 0 Å². The molecule has 0 spiro atoms. The third-order valence-corrected chi connectivity index (χ3v) is 0. The van der Waals surface area contributed by atoms with Crippen molar-refractivity contribution in [3.8, 4) is 0 Å². The molecule has 5 heteroatoms. The lowest BCUT2D eigenvalue weighted by Crippen LogP contribution is -1.57. The Morgan fingerprint density at radius 1 is 1.43 bits per heavy atom. The predicted octanol–water partition coefficient (Wildman–Crippen LogP) is -1.01. The van der Waals surface area contributed by atoms with Crippen LogP contribution in [0.1, 0.15) is 6.92 Å². The predicted molar refractivity (Wildman–Crippen MR) is 22.5 cm³/mol. The summed E-state index contributed by atoms with van der Waals surface area (Å²) in [6, 6.07) is 0. The first-order valence-corrected chi connectivity index (χ1v) is 2.52. The summed E-state index contributed by atoms with van der Waals surface area (Å²) < 4.78 is 25.3. The van der Waals surface area contributed by atoms with Crippen LogP contribution in [0.4, 0.5) is 0 Å². The van der Waals surface area contributed by atoms with Gasteiger partial charge < -0.3 is 5.11 Å². The molecule has 0 saturated heterocycles. The third kappa shape index (κ3) is 405. The van der Waals surface area contributed by atoms with Crippen LogP contribution in [-0.4, -0.2) is 24.3 Å². The van der Waals surface area contributed by atoms with Gasteiger partial charge in [0.15, 0.2) is 0 Å². The van der Waals surface area contributed by atoms with E-state index in [-0.39, 0.29) is 6.61 Å². The van der Waals surface area contributed by atoms with Crippen LogP contribution in [0.5, 0.6) is 0 Å². The third-order valence-electron chi connectivity index (χ3n) is 0. The van der Waals surface area contributed by atoms with Gasteiger partial charge in [-0.05, 0) is 6.92 Å². The summed E-state index contributed by atoms with van der Waals surface area (Å²) in [6.45, 7) is 1.93. The van der Waals surface area contributed by atoms with Crippen molar-refractivity contribution in [2.24, 2.45) is 0 Å². The van der Waals surface area contributed by atoms with Gasteiger partial charge in [-0.15, -0.1) is 12.6 Å². The Hall–Kier alpha value is -0.420. The van der Waals surface area contributed by atoms with Crippen LogP contribution < -0.4 is 0 Å². The summed E-state index contributed by atoms with van der Waals surface area (Å²) >= 11 is 0. The molecule has 0 aromatic carbocycles. The summed E-state index contributed by atoms with van der Waals surface area (Å²) in [4.78, 5) is 0. The highest BCUT2D eigenvalue weighted by Crippen LogP contribution is 1.30. The minimum atomic E-state index is -3.11. The summed E-state index contributed by atoms with van der Waals surface area (Å²) in [5.41, 5.74) is 0. The number of hydrogen-bond donors (Lipinski definition) is 1. The highest BCUT2D eigenvalue weighted by Gasteiger charge is 1.40. The number of aliphatic hydroxyl groups is 1. The van der Waals surface area contributed by atoms with E-state index >= 15 is 0 Å². The molecule has 0 radical (unpaired) electrons. The minimum Gasteiger partial charge on any atom is -0.397 e. The lowest BCUT2D eigenvalue weighted by atomic mass is 10.9. The standard InChI is InChI=1S/C2H6O.O3S/c1-2-3;1-4(2)3/h3H,2H2,1H3;. The molecule has 44 valence electrons. The van der Waals surface area contributed by atoms with E-state index in [9.17, 15) is 0 Å². The molecule has 0 aliphatic heterocycles. The Bertz CT molecular complexity index is 89.9. The molecule has 0 heterocycles. The number of hydrogen-bond acceptors (Lipinski definition) is 4. The molecule has 0 aliphatic carbocycles. The van der Waals surface area contributed by atoms with Gasteiger partial charge >= 0.3 is 10.6 Å². The first kappa shape index (κ1) is 9.77. The number of rotatable bonds is 0. The van der Waals surface area contributed by atoms with Gasteiger partial charge in [-0.1, -0.05) is 0 Å². The molecule has 0 aromatic heterocycles. The van der Waals surface area contributed by atoms with Crippen molar-refractivity contribution in [3.63, 3.8) is 0 Å². The van der Waals surface area contributed by atoms with Crippen molar-refractivity contribution >= 4 is 10.6 Å². The summed E-state index contributed by atoms with van der Waals surface area (Å²) in [6.07, 6.45) is 0. The van der Waals surface area contributed by atoms with Crippen LogP contribution in [0.2, 0.25) is 0 Å². The van der Waals surface area contributed by atoms with Crippen molar-refractivity contribution in [2.45, 2.75) is 6.92 Å². The highest BCUT2D eigenvalue weighted by molar-refractivity contribution is 7.59. The lowest BCUT2D eigenvalue weighted by molar-refractivity contribution is 0.318. The topological polar surface area (TPSA) is 71.4 Å². The molecule has 0 bridgehead atoms. The Labute approximate surface area is 42.8 Å². The van der Waals surface area contributed by atoms with Crippen LogP contribution in [0.15, 0.2) is 0 Å². The van der Waals surface area contributed by atoms with Gasteiger partial charge in [-0.3, -0.25) is 0 Å². The van der Waals surface area contributed by atoms with Gasteiger partial charge in [0.25, 0.3) is 0 Å². The summed E-state index contributed by atoms with van der Waals surface area (Å²) in [7, 11) is -3.11. The molecule has 0 atom stereocenters. The van der Waals surface area contributed by atoms with Crippen LogP contribution in [0, 0.1) is 0 Å². The normalized spacial score (nSPS) is 6.00. The minimum absolute atomic E-state index is 0.250. The zero-order chi connectivity index (χ0) is 6.28. The van der Waals surface area contributed by atoms with Gasteiger partial charge in [0.05, 0.1) is 0 Å². The molecule has 0 unspecified atom stereocenters. The highest BCUT2D eigenvalue weighted by atomic mass is 32.2. The molecule has 0 fully saturated rings. The van der Waals surface area contributed by atoms with Gasteiger partial charge in [0, 0.05) is 6.61 Å². The average molecular weight is 126 g/mol. The fourth-order valence-corrected chi connectivity index (χ4v) is 0. The van der Waals surface area contributed by atoms with Crippen molar-refractivity contribution < 1.29 is 17.7 Å². The Kier molecular flexibility index (Phi) is 12.7. The van der Waals surface area contributed by atoms with Crippen molar-refractivity contribution in [1.82, 2.24) is 0 Å². The zero-order valence-corrected chi connectivity index (χ0v) is 4.60. The maximum absolute atomic E-state index is 8.44. The largest absolute Gasteiger partial charge is 0.425 e. The number of aliphatic hydroxyl groups excluding tert-OH is 1. The molecule has 7 heavy (non-hydrogen) atoms. The van der Waals surface area contributed by atoms with Crippen LogP contribution in [0.25, 0.3) is 0 Å². The summed E-state index contributed by atoms with van der Waals surface area (Å²) in [5, 5.41) is 7.57. The second-order valence-corrected chi connectivity index (χ2v) is 0.929. The molecule has 1 N–H and O–H groups in total. The van der Waals surface area contributed by atoms with Crippen LogP contribution >= 0.6 is 0 Å². The maximum atomic E-state index is 8.44. The van der Waals surface area contributed by atoms with E-state index in [0.29, 0.717) is 0 Å². The van der Waals surface area contributed by atoms with E-state index in [1.54, 1.807) is 6.92 Å². The van der Waals surface area contributed by atoms with Gasteiger partial charge in [0.1, 0.15) is 0 Å². The molecule has 0 aliphatic rings. The molecule has 0 aromatic rings. The van der Waals surface area contributed by atoms with Crippen molar-refractivity contribution in [1.29, 1.82) is 0 Å². The Morgan fingerprint density at radius 2 is 1.43 bits per heavy atom. The van der Waals surface area contributed by atoms with E-state index in [2.05, 4.69) is 0 Å². The SMILES string of the molecule is CCO.O=S(=O)=O. The molecule has 0 saturated carbocycles. The van der Waals surface area contributed by atoms with Crippen molar-refractivity contribution in [3.05, 3.63) is 0 Å².